The van der Waals surface area contributed by atoms with E-state index in [2.05, 4.69) is 0 Å². The third-order valence-electron chi connectivity index (χ3n) is 8.44. The van der Waals surface area contributed by atoms with E-state index in [4.69, 9.17) is 0 Å². The van der Waals surface area contributed by atoms with Gasteiger partial charge in [0.2, 0.25) is 23.0 Å². The molecule has 4 aromatic carbocycles. The maximum Gasteiger partial charge on any atom is 0.245 e. The topological polar surface area (TPSA) is 429 Å². The third-order valence-corrected chi connectivity index (χ3v) is 8.44. The summed E-state index contributed by atoms with van der Waals surface area (Å²) in [4.78, 5) is 68.9. The van der Waals surface area contributed by atoms with E-state index in [-0.39, 0.29) is 36.4 Å². The van der Waals surface area contributed by atoms with E-state index in [1.165, 1.54) is 0 Å². The van der Waals surface area contributed by atoms with Gasteiger partial charge in [-0.1, -0.05) is 0 Å². The van der Waals surface area contributed by atoms with Crippen molar-refractivity contribution in [3.05, 3.63) is 70.8 Å². The van der Waals surface area contributed by atoms with Crippen molar-refractivity contribution in [2.24, 2.45) is 0 Å². The second-order valence-corrected chi connectivity index (χ2v) is 12.0. The summed E-state index contributed by atoms with van der Waals surface area (Å²) >= 11 is 0. The number of hydrogen-bond acceptors (Lipinski definition) is 22. The molecular formula is C34H28O22. The summed E-state index contributed by atoms with van der Waals surface area (Å²) in [7, 11) is 0. The summed E-state index contributed by atoms with van der Waals surface area (Å²) < 4.78 is 0. The molecule has 56 heavy (non-hydrogen) atoms. The molecule has 0 radical (unpaired) electrons. The van der Waals surface area contributed by atoms with Crippen LogP contribution in [0.15, 0.2) is 48.5 Å². The fourth-order valence-electron chi connectivity index (χ4n) is 5.35. The minimum atomic E-state index is -4.79. The average Bonchev–Trinajstić information content (AvgIpc) is 3.16. The van der Waals surface area contributed by atoms with Gasteiger partial charge in [-0.3, -0.25) is 24.0 Å². The Kier molecular flexibility index (Phi) is 10.7. The highest BCUT2D eigenvalue weighted by molar-refractivity contribution is 6.51. The molecule has 17 N–H and O–H groups in total. The van der Waals surface area contributed by atoms with Crippen molar-refractivity contribution in [1.82, 2.24) is 0 Å². The molecule has 0 aliphatic rings. The zero-order valence-corrected chi connectivity index (χ0v) is 27.5. The van der Waals surface area contributed by atoms with E-state index in [0.717, 1.165) is 0 Å². The van der Waals surface area contributed by atoms with Gasteiger partial charge < -0.3 is 86.8 Å². The van der Waals surface area contributed by atoms with E-state index in [9.17, 15) is 111 Å². The predicted molar refractivity (Wildman–Crippen MR) is 176 cm³/mol. The number of aromatic hydroxyl groups is 12. The van der Waals surface area contributed by atoms with Crippen molar-refractivity contribution in [3.8, 4) is 69.0 Å². The van der Waals surface area contributed by atoms with Crippen molar-refractivity contribution in [2.75, 3.05) is 0 Å². The SMILES string of the molecule is O=C(C(=O)C(O)(C(=O)c1cc(O)c(O)c(O)c1)C(O)C(O)(C(=O)c1cc(O)c(O)c(O)c1)C(O)C(O)C(=O)c1cc(O)c(O)c(O)c1)c1cc(O)c(O)c(O)c1. The molecule has 0 saturated heterocycles. The normalized spacial score (nSPS) is 15.1. The van der Waals surface area contributed by atoms with Crippen LogP contribution < -0.4 is 0 Å². The van der Waals surface area contributed by atoms with Crippen molar-refractivity contribution < 1.29 is 111 Å². The number of hydrogen-bond donors (Lipinski definition) is 17. The lowest BCUT2D eigenvalue weighted by atomic mass is 9.69. The van der Waals surface area contributed by atoms with Gasteiger partial charge >= 0.3 is 0 Å². The summed E-state index contributed by atoms with van der Waals surface area (Å²) in [5.41, 5.74) is -14.4. The minimum Gasteiger partial charge on any atom is -0.504 e. The number of phenols is 12. The summed E-state index contributed by atoms with van der Waals surface area (Å²) in [6.07, 6.45) is -11.1. The monoisotopic (exact) mass is 788 g/mol. The summed E-state index contributed by atoms with van der Waals surface area (Å²) in [5.74, 6) is -27.4. The van der Waals surface area contributed by atoms with Gasteiger partial charge in [0.1, 0.15) is 18.3 Å². The smallest absolute Gasteiger partial charge is 0.245 e. The summed E-state index contributed by atoms with van der Waals surface area (Å²) in [6.45, 7) is 0. The predicted octanol–water partition coefficient (Wildman–Crippen LogP) is -1.90. The maximum absolute atomic E-state index is 14.1. The van der Waals surface area contributed by atoms with Gasteiger partial charge in [-0.05, 0) is 48.5 Å². The molecule has 0 aliphatic carbocycles. The van der Waals surface area contributed by atoms with Crippen molar-refractivity contribution >= 4 is 28.9 Å². The Hall–Kier alpha value is -7.37. The molecule has 4 rings (SSSR count). The molecule has 22 nitrogen and oxygen atoms in total. The lowest BCUT2D eigenvalue weighted by molar-refractivity contribution is -0.187. The van der Waals surface area contributed by atoms with E-state index in [1.54, 1.807) is 0 Å². The van der Waals surface area contributed by atoms with Gasteiger partial charge in [0.05, 0.1) is 0 Å². The van der Waals surface area contributed by atoms with Crippen LogP contribution in [0.3, 0.4) is 0 Å². The van der Waals surface area contributed by atoms with E-state index >= 15 is 0 Å². The zero-order valence-electron chi connectivity index (χ0n) is 27.5. The number of ketones is 5. The zero-order chi connectivity index (χ0) is 42.5. The first-order valence-corrected chi connectivity index (χ1v) is 15.0. The minimum absolute atomic E-state index is 0.181. The number of aliphatic hydroxyl groups is 5. The molecular weight excluding hydrogens is 760 g/mol. The number of rotatable bonds is 13. The summed E-state index contributed by atoms with van der Waals surface area (Å²) in [5, 5.41) is 177. The van der Waals surface area contributed by atoms with Crippen LogP contribution in [0.4, 0.5) is 0 Å². The van der Waals surface area contributed by atoms with Gasteiger partial charge in [-0.2, -0.15) is 0 Å². The second kappa shape index (κ2) is 14.5. The Bertz CT molecular complexity index is 2240. The highest BCUT2D eigenvalue weighted by Gasteiger charge is 2.66. The van der Waals surface area contributed by atoms with Crippen LogP contribution in [0.25, 0.3) is 0 Å². The molecule has 0 heterocycles. The van der Waals surface area contributed by atoms with E-state index < -0.39 is 150 Å². The first kappa shape index (κ1) is 41.4. The van der Waals surface area contributed by atoms with Crippen LogP contribution in [0.1, 0.15) is 41.4 Å². The fourth-order valence-corrected chi connectivity index (χ4v) is 5.35. The summed E-state index contributed by atoms with van der Waals surface area (Å²) in [6, 6.07) is 1.97. The van der Waals surface area contributed by atoms with Gasteiger partial charge in [-0.15, -0.1) is 0 Å². The van der Waals surface area contributed by atoms with E-state index in [0.29, 0.717) is 12.1 Å². The molecule has 296 valence electrons. The standard InChI is InChI=1S/C34H28O22/c35-13-1-9(2-14(36)23(13)45)21(43)27(49)31(53)34(56,29(51)12-7-19(41)26(48)20(42)8-12)32(54)33(55,28(50)11-5-17(39)25(47)18(40)6-11)30(52)22(44)10-3-15(37)24(46)16(38)4-10/h1-8,27,31-32,35-42,45-49,53-56H. The molecule has 22 heteroatoms. The molecule has 5 unspecified atom stereocenters. The van der Waals surface area contributed by atoms with E-state index in [1.807, 2.05) is 0 Å². The number of benzene rings is 4. The fraction of sp³-hybridized carbons (Fsp3) is 0.147. The number of carbonyl (C=O) groups excluding carboxylic acids is 5. The first-order chi connectivity index (χ1) is 25.8. The van der Waals surface area contributed by atoms with Crippen LogP contribution in [0, 0.1) is 0 Å². The molecule has 0 spiro atoms. The maximum atomic E-state index is 14.1. The number of carbonyl (C=O) groups is 5. The van der Waals surface area contributed by atoms with Crippen LogP contribution >= 0.6 is 0 Å². The lowest BCUT2D eigenvalue weighted by Gasteiger charge is -2.42. The Morgan fingerprint density at radius 2 is 0.714 bits per heavy atom. The molecule has 0 aromatic heterocycles. The number of phenolic OH excluding ortho intramolecular Hbond substituents is 12. The van der Waals surface area contributed by atoms with Crippen LogP contribution in [-0.4, -0.2) is 145 Å². The third kappa shape index (κ3) is 6.67. The van der Waals surface area contributed by atoms with Gasteiger partial charge in [-0.25, -0.2) is 0 Å². The molecule has 0 aliphatic heterocycles. The Labute approximate surface area is 309 Å². The Morgan fingerprint density at radius 1 is 0.429 bits per heavy atom. The Balaban J connectivity index is 2.05. The highest BCUT2D eigenvalue weighted by atomic mass is 16.4. The first-order valence-electron chi connectivity index (χ1n) is 15.0. The number of aliphatic hydroxyl groups excluding tert-OH is 3. The molecule has 0 amide bonds. The average molecular weight is 789 g/mol. The van der Waals surface area contributed by atoms with Gasteiger partial charge in [0.15, 0.2) is 86.2 Å². The van der Waals surface area contributed by atoms with Gasteiger partial charge in [0.25, 0.3) is 0 Å². The number of Topliss-reactive ketones (excluding diaryl/α,β-unsaturated/α-hetero) is 5. The van der Waals surface area contributed by atoms with Crippen molar-refractivity contribution in [1.29, 1.82) is 0 Å². The highest BCUT2D eigenvalue weighted by Crippen LogP contribution is 2.43. The quantitative estimate of drug-likeness (QED) is 0.0304. The largest absolute Gasteiger partial charge is 0.504 e. The molecule has 0 bridgehead atoms. The molecule has 4 aromatic rings. The molecule has 0 fully saturated rings. The second-order valence-electron chi connectivity index (χ2n) is 12.0. The van der Waals surface area contributed by atoms with Gasteiger partial charge in [0, 0.05) is 22.3 Å². The molecule has 5 atom stereocenters. The molecule has 0 saturated carbocycles. The van der Waals surface area contributed by atoms with Crippen molar-refractivity contribution in [3.63, 3.8) is 0 Å². The lowest BCUT2D eigenvalue weighted by Crippen LogP contribution is -2.73. The van der Waals surface area contributed by atoms with Crippen molar-refractivity contribution in [2.45, 2.75) is 29.5 Å². The van der Waals surface area contributed by atoms with Crippen LogP contribution in [-0.2, 0) is 4.79 Å². The van der Waals surface area contributed by atoms with Crippen LogP contribution in [0.2, 0.25) is 0 Å². The Morgan fingerprint density at radius 3 is 1.05 bits per heavy atom. The van der Waals surface area contributed by atoms with Crippen LogP contribution in [0.5, 0.6) is 69.0 Å².